The highest BCUT2D eigenvalue weighted by Crippen LogP contribution is 2.31. The minimum absolute atomic E-state index is 0.208. The number of rotatable bonds is 9. The lowest BCUT2D eigenvalue weighted by Gasteiger charge is -2.18. The van der Waals surface area contributed by atoms with Crippen molar-refractivity contribution in [3.63, 3.8) is 0 Å². The molecule has 0 saturated heterocycles. The van der Waals surface area contributed by atoms with Crippen molar-refractivity contribution >= 4 is 16.9 Å². The van der Waals surface area contributed by atoms with Crippen molar-refractivity contribution in [2.24, 2.45) is 0 Å². The molecule has 0 aliphatic heterocycles. The molecule has 38 heavy (non-hydrogen) atoms. The van der Waals surface area contributed by atoms with E-state index in [9.17, 15) is 9.18 Å². The Bertz CT molecular complexity index is 1350. The Hall–Kier alpha value is -4.01. The predicted molar refractivity (Wildman–Crippen MR) is 150 cm³/mol. The number of benzene rings is 4. The fraction of sp³-hybridized carbons (Fsp3) is 0.182. The Morgan fingerprint density at radius 3 is 2.03 bits per heavy atom. The summed E-state index contributed by atoms with van der Waals surface area (Å²) in [6, 6.07) is 35.2. The van der Waals surface area contributed by atoms with Crippen molar-refractivity contribution in [1.29, 1.82) is 0 Å². The molecule has 0 heterocycles. The lowest BCUT2D eigenvalue weighted by Crippen LogP contribution is -2.26. The predicted octanol–water partition coefficient (Wildman–Crippen LogP) is 7.45. The second-order valence-electron chi connectivity index (χ2n) is 9.10. The minimum atomic E-state index is -0.977. The highest BCUT2D eigenvalue weighted by atomic mass is 32.2. The van der Waals surface area contributed by atoms with Gasteiger partial charge in [0, 0.05) is 12.0 Å². The summed E-state index contributed by atoms with van der Waals surface area (Å²) < 4.78 is 24.7. The van der Waals surface area contributed by atoms with E-state index in [2.05, 4.69) is 72.5 Å². The molecule has 0 aliphatic rings. The molecule has 0 N–H and O–H groups in total. The molecule has 4 rings (SSSR count). The number of ether oxygens (including phenoxy) is 2. The zero-order valence-electron chi connectivity index (χ0n) is 21.5. The molecular formula is C33H30FO3S+. The summed E-state index contributed by atoms with van der Waals surface area (Å²) in [5, 5.41) is 0. The van der Waals surface area contributed by atoms with Gasteiger partial charge in [-0.25, -0.2) is 4.39 Å². The van der Waals surface area contributed by atoms with E-state index < -0.39 is 5.60 Å². The molecule has 0 saturated carbocycles. The molecule has 5 heteroatoms. The van der Waals surface area contributed by atoms with Crippen LogP contribution in [0.25, 0.3) is 0 Å². The molecule has 0 bridgehead atoms. The molecule has 0 amide bonds. The fourth-order valence-corrected chi connectivity index (χ4v) is 5.83. The average Bonchev–Trinajstić information content (AvgIpc) is 2.92. The van der Waals surface area contributed by atoms with Crippen molar-refractivity contribution in [2.45, 2.75) is 47.0 Å². The first-order valence-electron chi connectivity index (χ1n) is 12.5. The molecule has 0 fully saturated rings. The number of carbonyl (C=O) groups excluding carboxylic acids is 1. The quantitative estimate of drug-likeness (QED) is 0.0985. The van der Waals surface area contributed by atoms with Gasteiger partial charge in [-0.1, -0.05) is 54.3 Å². The standard InChI is InChI=1S/C33H30FO3S/c1-33(2,23-22-26-11-9-12-27(34)25-26)37-32(35)17-10-24-36-28-18-20-31(21-19-28)38(29-13-5-3-6-14-29)30-15-7-4-8-16-30/h3-9,11-16,18-21,25H,10,17,24H2,1-2H3/q+1. The van der Waals surface area contributed by atoms with E-state index in [1.165, 1.54) is 26.8 Å². The second-order valence-corrected chi connectivity index (χ2v) is 11.1. The maximum absolute atomic E-state index is 13.3. The summed E-state index contributed by atoms with van der Waals surface area (Å²) in [6.45, 7) is 3.83. The SMILES string of the molecule is CC(C)(C#Cc1cccc(F)c1)OC(=O)CCCOc1ccc([S+](c2ccccc2)c2ccccc2)cc1. The first-order valence-corrected chi connectivity index (χ1v) is 13.7. The van der Waals surface area contributed by atoms with Gasteiger partial charge in [0.25, 0.3) is 0 Å². The summed E-state index contributed by atoms with van der Waals surface area (Å²) in [5.74, 6) is 5.81. The summed E-state index contributed by atoms with van der Waals surface area (Å²) >= 11 is 0. The molecule has 3 nitrogen and oxygen atoms in total. The van der Waals surface area contributed by atoms with Gasteiger partial charge < -0.3 is 9.47 Å². The Labute approximate surface area is 227 Å². The van der Waals surface area contributed by atoms with Crippen molar-refractivity contribution in [1.82, 2.24) is 0 Å². The highest BCUT2D eigenvalue weighted by Gasteiger charge is 2.28. The van der Waals surface area contributed by atoms with E-state index in [4.69, 9.17) is 9.47 Å². The van der Waals surface area contributed by atoms with Crippen LogP contribution in [0.3, 0.4) is 0 Å². The van der Waals surface area contributed by atoms with E-state index in [1.54, 1.807) is 26.0 Å². The number of esters is 1. The van der Waals surface area contributed by atoms with Crippen LogP contribution in [0.5, 0.6) is 5.75 Å². The van der Waals surface area contributed by atoms with Crippen LogP contribution in [0.1, 0.15) is 32.3 Å². The Morgan fingerprint density at radius 2 is 1.42 bits per heavy atom. The normalized spacial score (nSPS) is 10.9. The molecular weight excluding hydrogens is 495 g/mol. The van der Waals surface area contributed by atoms with Gasteiger partial charge in [-0.3, -0.25) is 4.79 Å². The molecule has 0 atom stereocenters. The van der Waals surface area contributed by atoms with Crippen LogP contribution in [0.2, 0.25) is 0 Å². The molecule has 192 valence electrons. The van der Waals surface area contributed by atoms with Crippen LogP contribution in [-0.2, 0) is 20.4 Å². The van der Waals surface area contributed by atoms with Crippen LogP contribution < -0.4 is 4.74 Å². The molecule has 0 radical (unpaired) electrons. The van der Waals surface area contributed by atoms with Gasteiger partial charge in [0.05, 0.1) is 17.5 Å². The van der Waals surface area contributed by atoms with Crippen LogP contribution in [0.15, 0.2) is 124 Å². The Morgan fingerprint density at radius 1 is 0.816 bits per heavy atom. The topological polar surface area (TPSA) is 35.5 Å². The van der Waals surface area contributed by atoms with Gasteiger partial charge in [0.1, 0.15) is 11.6 Å². The Kier molecular flexibility index (Phi) is 9.24. The third kappa shape index (κ3) is 7.99. The number of carbonyl (C=O) groups is 1. The van der Waals surface area contributed by atoms with E-state index in [0.717, 1.165) is 5.75 Å². The Balaban J connectivity index is 1.28. The first kappa shape index (κ1) is 27.0. The smallest absolute Gasteiger partial charge is 0.307 e. The van der Waals surface area contributed by atoms with Gasteiger partial charge in [0.15, 0.2) is 20.3 Å². The fourth-order valence-electron chi connectivity index (χ4n) is 3.75. The molecule has 0 unspecified atom stereocenters. The van der Waals surface area contributed by atoms with Gasteiger partial charge >= 0.3 is 5.97 Å². The van der Waals surface area contributed by atoms with E-state index in [1.807, 2.05) is 24.3 Å². The lowest BCUT2D eigenvalue weighted by atomic mass is 10.1. The third-order valence-corrected chi connectivity index (χ3v) is 7.74. The summed E-state index contributed by atoms with van der Waals surface area (Å²) in [5.41, 5.74) is -0.442. The summed E-state index contributed by atoms with van der Waals surface area (Å²) in [7, 11) is -0.208. The second kappa shape index (κ2) is 13.0. The van der Waals surface area contributed by atoms with Crippen molar-refractivity contribution < 1.29 is 18.7 Å². The van der Waals surface area contributed by atoms with Crippen molar-refractivity contribution in [3.05, 3.63) is 121 Å². The molecule has 4 aromatic carbocycles. The zero-order chi connectivity index (χ0) is 26.8. The van der Waals surface area contributed by atoms with Crippen LogP contribution in [-0.4, -0.2) is 18.2 Å². The van der Waals surface area contributed by atoms with Crippen molar-refractivity contribution in [3.8, 4) is 17.6 Å². The largest absolute Gasteiger partial charge is 0.494 e. The number of halogens is 1. The number of hydrogen-bond acceptors (Lipinski definition) is 3. The average molecular weight is 526 g/mol. The van der Waals surface area contributed by atoms with Gasteiger partial charge in [0.2, 0.25) is 0 Å². The van der Waals surface area contributed by atoms with Crippen LogP contribution >= 0.6 is 0 Å². The van der Waals surface area contributed by atoms with Gasteiger partial charge in [-0.05, 0) is 87.0 Å². The highest BCUT2D eigenvalue weighted by molar-refractivity contribution is 7.97. The van der Waals surface area contributed by atoms with E-state index >= 15 is 0 Å². The maximum atomic E-state index is 13.3. The molecule has 0 spiro atoms. The van der Waals surface area contributed by atoms with Gasteiger partial charge in [-0.15, -0.1) is 0 Å². The van der Waals surface area contributed by atoms with E-state index in [0.29, 0.717) is 18.6 Å². The van der Waals surface area contributed by atoms with Crippen molar-refractivity contribution in [2.75, 3.05) is 6.61 Å². The molecule has 4 aromatic rings. The van der Waals surface area contributed by atoms with Crippen LogP contribution in [0, 0.1) is 17.7 Å². The summed E-state index contributed by atoms with van der Waals surface area (Å²) in [6.07, 6.45) is 0.737. The minimum Gasteiger partial charge on any atom is -0.494 e. The lowest BCUT2D eigenvalue weighted by molar-refractivity contribution is -0.152. The van der Waals surface area contributed by atoms with Crippen LogP contribution in [0.4, 0.5) is 4.39 Å². The molecule has 0 aliphatic carbocycles. The van der Waals surface area contributed by atoms with Gasteiger partial charge in [-0.2, -0.15) is 0 Å². The monoisotopic (exact) mass is 525 g/mol. The maximum Gasteiger partial charge on any atom is 0.307 e. The summed E-state index contributed by atoms with van der Waals surface area (Å²) in [4.78, 5) is 16.0. The zero-order valence-corrected chi connectivity index (χ0v) is 22.3. The van der Waals surface area contributed by atoms with E-state index in [-0.39, 0.29) is 29.1 Å². The molecule has 0 aromatic heterocycles. The first-order chi connectivity index (χ1) is 18.4. The number of hydrogen-bond donors (Lipinski definition) is 0. The third-order valence-electron chi connectivity index (χ3n) is 5.51.